The standard InChI is InChI=1S/C15H23N3O2/c1-2-17-10-11-4-3-5-12(8-11)18-15(19)14-7-6-13(9-16)20-14/h3-5,8,13-14,17H,2,6-7,9-10,16H2,1H3,(H,18,19)/t13-,14+/m1/s1. The Labute approximate surface area is 119 Å². The molecule has 20 heavy (non-hydrogen) atoms. The minimum absolute atomic E-state index is 0.0193. The van der Waals surface area contributed by atoms with Crippen molar-refractivity contribution in [2.75, 3.05) is 18.4 Å². The average Bonchev–Trinajstić information content (AvgIpc) is 2.94. The Bertz CT molecular complexity index is 450. The summed E-state index contributed by atoms with van der Waals surface area (Å²) in [7, 11) is 0. The maximum atomic E-state index is 12.1. The van der Waals surface area contributed by atoms with E-state index in [0.29, 0.717) is 6.54 Å². The normalized spacial score (nSPS) is 21.9. The largest absolute Gasteiger partial charge is 0.364 e. The Kier molecular flexibility index (Phi) is 5.52. The van der Waals surface area contributed by atoms with E-state index in [-0.39, 0.29) is 18.1 Å². The van der Waals surface area contributed by atoms with Crippen molar-refractivity contribution in [3.05, 3.63) is 29.8 Å². The number of rotatable bonds is 6. The Morgan fingerprint density at radius 2 is 2.30 bits per heavy atom. The molecule has 0 aliphatic carbocycles. The van der Waals surface area contributed by atoms with E-state index < -0.39 is 0 Å². The Hall–Kier alpha value is -1.43. The van der Waals surface area contributed by atoms with Crippen LogP contribution in [0.5, 0.6) is 0 Å². The van der Waals surface area contributed by atoms with Gasteiger partial charge < -0.3 is 21.1 Å². The van der Waals surface area contributed by atoms with Crippen LogP contribution in [0.1, 0.15) is 25.3 Å². The lowest BCUT2D eigenvalue weighted by atomic mass is 10.1. The molecule has 2 rings (SSSR count). The molecule has 0 radical (unpaired) electrons. The van der Waals surface area contributed by atoms with Gasteiger partial charge in [0.05, 0.1) is 6.10 Å². The van der Waals surface area contributed by atoms with Crippen molar-refractivity contribution >= 4 is 11.6 Å². The van der Waals surface area contributed by atoms with Gasteiger partial charge in [-0.2, -0.15) is 0 Å². The lowest BCUT2D eigenvalue weighted by Gasteiger charge is -2.13. The molecule has 0 bridgehead atoms. The minimum atomic E-state index is -0.374. The number of anilines is 1. The zero-order chi connectivity index (χ0) is 14.4. The number of benzene rings is 1. The predicted molar refractivity (Wildman–Crippen MR) is 79.4 cm³/mol. The average molecular weight is 277 g/mol. The molecule has 1 amide bonds. The summed E-state index contributed by atoms with van der Waals surface area (Å²) in [5, 5.41) is 6.18. The van der Waals surface area contributed by atoms with Gasteiger partial charge in [0, 0.05) is 18.8 Å². The lowest BCUT2D eigenvalue weighted by Crippen LogP contribution is -2.29. The molecular weight excluding hydrogens is 254 g/mol. The number of hydrogen-bond donors (Lipinski definition) is 3. The highest BCUT2D eigenvalue weighted by atomic mass is 16.5. The minimum Gasteiger partial charge on any atom is -0.364 e. The molecule has 1 heterocycles. The molecule has 0 spiro atoms. The summed E-state index contributed by atoms with van der Waals surface area (Å²) in [5.41, 5.74) is 7.51. The highest BCUT2D eigenvalue weighted by Crippen LogP contribution is 2.20. The van der Waals surface area contributed by atoms with Crippen LogP contribution in [0.4, 0.5) is 5.69 Å². The van der Waals surface area contributed by atoms with E-state index in [1.807, 2.05) is 24.3 Å². The molecule has 0 aromatic heterocycles. The summed E-state index contributed by atoms with van der Waals surface area (Å²) >= 11 is 0. The fourth-order valence-electron chi connectivity index (χ4n) is 2.32. The third-order valence-electron chi connectivity index (χ3n) is 3.44. The van der Waals surface area contributed by atoms with Crippen LogP contribution in [-0.4, -0.2) is 31.2 Å². The molecule has 2 atom stereocenters. The van der Waals surface area contributed by atoms with E-state index in [1.54, 1.807) is 0 Å². The third kappa shape index (κ3) is 4.03. The summed E-state index contributed by atoms with van der Waals surface area (Å²) in [6, 6.07) is 7.86. The van der Waals surface area contributed by atoms with E-state index in [2.05, 4.69) is 17.6 Å². The summed E-state index contributed by atoms with van der Waals surface area (Å²) < 4.78 is 5.59. The van der Waals surface area contributed by atoms with Gasteiger partial charge in [-0.1, -0.05) is 19.1 Å². The van der Waals surface area contributed by atoms with Gasteiger partial charge in [0.25, 0.3) is 5.91 Å². The van der Waals surface area contributed by atoms with Crippen molar-refractivity contribution in [2.24, 2.45) is 5.73 Å². The van der Waals surface area contributed by atoms with Gasteiger partial charge in [-0.05, 0) is 37.1 Å². The maximum Gasteiger partial charge on any atom is 0.253 e. The number of ether oxygens (including phenoxy) is 1. The number of hydrogen-bond acceptors (Lipinski definition) is 4. The summed E-state index contributed by atoms with van der Waals surface area (Å²) in [4.78, 5) is 12.1. The molecule has 1 aliphatic heterocycles. The van der Waals surface area contributed by atoms with Crippen molar-refractivity contribution < 1.29 is 9.53 Å². The number of nitrogens with two attached hydrogens (primary N) is 1. The molecule has 1 aliphatic rings. The van der Waals surface area contributed by atoms with E-state index in [1.165, 1.54) is 0 Å². The molecule has 5 nitrogen and oxygen atoms in total. The van der Waals surface area contributed by atoms with E-state index in [4.69, 9.17) is 10.5 Å². The molecule has 4 N–H and O–H groups in total. The van der Waals surface area contributed by atoms with Gasteiger partial charge in [0.15, 0.2) is 0 Å². The van der Waals surface area contributed by atoms with Crippen molar-refractivity contribution in [3.63, 3.8) is 0 Å². The van der Waals surface area contributed by atoms with Crippen LogP contribution in [0.25, 0.3) is 0 Å². The van der Waals surface area contributed by atoms with Crippen LogP contribution in [0.2, 0.25) is 0 Å². The second-order valence-corrected chi connectivity index (χ2v) is 5.03. The zero-order valence-corrected chi connectivity index (χ0v) is 11.9. The number of carbonyl (C=O) groups is 1. The Morgan fingerprint density at radius 1 is 1.45 bits per heavy atom. The molecule has 1 aromatic rings. The molecule has 1 saturated heterocycles. The van der Waals surface area contributed by atoms with E-state index >= 15 is 0 Å². The van der Waals surface area contributed by atoms with Crippen molar-refractivity contribution in [1.82, 2.24) is 5.32 Å². The first-order valence-corrected chi connectivity index (χ1v) is 7.19. The number of amides is 1. The molecular formula is C15H23N3O2. The predicted octanol–water partition coefficient (Wildman–Crippen LogP) is 1.24. The first-order valence-electron chi connectivity index (χ1n) is 7.19. The van der Waals surface area contributed by atoms with Gasteiger partial charge in [0.1, 0.15) is 6.10 Å². The number of carbonyl (C=O) groups excluding carboxylic acids is 1. The van der Waals surface area contributed by atoms with E-state index in [0.717, 1.165) is 37.2 Å². The van der Waals surface area contributed by atoms with Crippen molar-refractivity contribution in [2.45, 2.75) is 38.5 Å². The fraction of sp³-hybridized carbons (Fsp3) is 0.533. The summed E-state index contributed by atoms with van der Waals surface area (Å²) in [6.07, 6.45) is 1.24. The second kappa shape index (κ2) is 7.38. The van der Waals surface area contributed by atoms with Gasteiger partial charge >= 0.3 is 0 Å². The van der Waals surface area contributed by atoms with Gasteiger partial charge in [-0.3, -0.25) is 4.79 Å². The zero-order valence-electron chi connectivity index (χ0n) is 11.9. The topological polar surface area (TPSA) is 76.4 Å². The lowest BCUT2D eigenvalue weighted by molar-refractivity contribution is -0.126. The molecule has 0 unspecified atom stereocenters. The molecule has 1 aromatic carbocycles. The maximum absolute atomic E-state index is 12.1. The highest BCUT2D eigenvalue weighted by Gasteiger charge is 2.29. The summed E-state index contributed by atoms with van der Waals surface area (Å²) in [6.45, 7) is 4.27. The third-order valence-corrected chi connectivity index (χ3v) is 3.44. The fourth-order valence-corrected chi connectivity index (χ4v) is 2.32. The van der Waals surface area contributed by atoms with Crippen LogP contribution in [-0.2, 0) is 16.1 Å². The quantitative estimate of drug-likeness (QED) is 0.731. The smallest absolute Gasteiger partial charge is 0.253 e. The number of nitrogens with one attached hydrogen (secondary N) is 2. The van der Waals surface area contributed by atoms with Crippen LogP contribution < -0.4 is 16.4 Å². The van der Waals surface area contributed by atoms with Gasteiger partial charge in [0.2, 0.25) is 0 Å². The van der Waals surface area contributed by atoms with Crippen LogP contribution in [0.15, 0.2) is 24.3 Å². The Balaban J connectivity index is 1.91. The van der Waals surface area contributed by atoms with Crippen LogP contribution in [0.3, 0.4) is 0 Å². The second-order valence-electron chi connectivity index (χ2n) is 5.03. The summed E-state index contributed by atoms with van der Waals surface area (Å²) in [5.74, 6) is -0.0819. The SMILES string of the molecule is CCNCc1cccc(NC(=O)[C@@H]2CC[C@H](CN)O2)c1. The van der Waals surface area contributed by atoms with Gasteiger partial charge in [-0.15, -0.1) is 0 Å². The van der Waals surface area contributed by atoms with Crippen LogP contribution >= 0.6 is 0 Å². The first kappa shape index (κ1) is 15.0. The van der Waals surface area contributed by atoms with Crippen LogP contribution in [0, 0.1) is 0 Å². The highest BCUT2D eigenvalue weighted by molar-refractivity contribution is 5.94. The molecule has 0 saturated carbocycles. The van der Waals surface area contributed by atoms with Crippen molar-refractivity contribution in [1.29, 1.82) is 0 Å². The Morgan fingerprint density at radius 3 is 3.00 bits per heavy atom. The monoisotopic (exact) mass is 277 g/mol. The molecule has 5 heteroatoms. The van der Waals surface area contributed by atoms with E-state index in [9.17, 15) is 4.79 Å². The van der Waals surface area contributed by atoms with Gasteiger partial charge in [-0.25, -0.2) is 0 Å². The molecule has 1 fully saturated rings. The first-order chi connectivity index (χ1) is 9.72. The van der Waals surface area contributed by atoms with Crippen molar-refractivity contribution in [3.8, 4) is 0 Å². The molecule has 110 valence electrons.